The van der Waals surface area contributed by atoms with Crippen molar-refractivity contribution in [2.24, 2.45) is 0 Å². The first kappa shape index (κ1) is 36.9. The maximum Gasteiger partial charge on any atom is 0.0465 e. The van der Waals surface area contributed by atoms with Crippen LogP contribution in [-0.2, 0) is 10.8 Å². The van der Waals surface area contributed by atoms with Crippen molar-refractivity contribution in [2.45, 2.75) is 56.8 Å². The van der Waals surface area contributed by atoms with Crippen LogP contribution in [-0.4, -0.2) is 0 Å². The first-order valence-corrected chi connectivity index (χ1v) is 22.6. The van der Waals surface area contributed by atoms with E-state index in [0.29, 0.717) is 0 Å². The molecule has 0 amide bonds. The Morgan fingerprint density at radius 2 is 0.855 bits per heavy atom. The zero-order valence-electron chi connectivity index (χ0n) is 35.5. The molecule has 0 saturated heterocycles. The van der Waals surface area contributed by atoms with Crippen LogP contribution in [0, 0.1) is 0 Å². The minimum atomic E-state index is -0.0999. The third-order valence-corrected chi connectivity index (χ3v) is 14.7. The zero-order valence-corrected chi connectivity index (χ0v) is 35.5. The van der Waals surface area contributed by atoms with Gasteiger partial charge in [-0.25, -0.2) is 0 Å². The first-order chi connectivity index (χ1) is 30.5. The smallest absolute Gasteiger partial charge is 0.0465 e. The molecule has 0 aliphatic heterocycles. The molecular weight excluding hydrogens is 747 g/mol. The van der Waals surface area contributed by atoms with Crippen molar-refractivity contribution in [3.05, 3.63) is 222 Å². The normalized spacial score (nSPS) is 15.2. The van der Waals surface area contributed by atoms with Gasteiger partial charge in [0.2, 0.25) is 0 Å². The summed E-state index contributed by atoms with van der Waals surface area (Å²) < 4.78 is 0. The molecule has 1 saturated carbocycles. The van der Waals surface area contributed by atoms with Crippen molar-refractivity contribution in [3.63, 3.8) is 0 Å². The van der Waals surface area contributed by atoms with Crippen LogP contribution in [0.25, 0.3) is 66.4 Å². The van der Waals surface area contributed by atoms with Crippen LogP contribution >= 0.6 is 0 Å². The molecule has 9 aromatic rings. The second kappa shape index (κ2) is 14.3. The van der Waals surface area contributed by atoms with Gasteiger partial charge in [0, 0.05) is 27.9 Å². The summed E-state index contributed by atoms with van der Waals surface area (Å²) in [6.45, 7) is 4.77. The molecule has 3 aliphatic carbocycles. The molecule has 298 valence electrons. The monoisotopic (exact) mass is 795 g/mol. The van der Waals surface area contributed by atoms with Crippen molar-refractivity contribution in [3.8, 4) is 55.6 Å². The number of hydrogen-bond acceptors (Lipinski definition) is 1. The summed E-state index contributed by atoms with van der Waals surface area (Å²) in [4.78, 5) is 2.48. The van der Waals surface area contributed by atoms with Gasteiger partial charge in [-0.1, -0.05) is 191 Å². The Hall–Kier alpha value is -6.96. The second-order valence-electron chi connectivity index (χ2n) is 18.4. The van der Waals surface area contributed by atoms with E-state index in [1.54, 1.807) is 0 Å². The molecule has 1 spiro atoms. The van der Waals surface area contributed by atoms with Crippen LogP contribution in [0.1, 0.15) is 68.2 Å². The van der Waals surface area contributed by atoms with Gasteiger partial charge in [0.05, 0.1) is 0 Å². The highest BCUT2D eigenvalue weighted by Crippen LogP contribution is 2.57. The number of hydrogen-bond donors (Lipinski definition) is 0. The zero-order chi connectivity index (χ0) is 41.4. The van der Waals surface area contributed by atoms with E-state index in [4.69, 9.17) is 0 Å². The fourth-order valence-corrected chi connectivity index (χ4v) is 11.7. The van der Waals surface area contributed by atoms with Gasteiger partial charge in [0.15, 0.2) is 0 Å². The van der Waals surface area contributed by atoms with Gasteiger partial charge in [0.1, 0.15) is 0 Å². The first-order valence-electron chi connectivity index (χ1n) is 22.6. The number of rotatable bonds is 6. The van der Waals surface area contributed by atoms with Gasteiger partial charge in [-0.2, -0.15) is 0 Å². The maximum absolute atomic E-state index is 2.54. The van der Waals surface area contributed by atoms with E-state index in [1.807, 2.05) is 0 Å². The third kappa shape index (κ3) is 5.68. The van der Waals surface area contributed by atoms with Gasteiger partial charge < -0.3 is 4.90 Å². The fourth-order valence-electron chi connectivity index (χ4n) is 11.7. The summed E-state index contributed by atoms with van der Waals surface area (Å²) >= 11 is 0. The quantitative estimate of drug-likeness (QED) is 0.162. The van der Waals surface area contributed by atoms with Gasteiger partial charge in [0.25, 0.3) is 0 Å². The fraction of sp³-hybridized carbons (Fsp3) is 0.148. The molecule has 0 atom stereocenters. The molecule has 1 fully saturated rings. The highest BCUT2D eigenvalue weighted by Gasteiger charge is 2.44. The van der Waals surface area contributed by atoms with E-state index in [-0.39, 0.29) is 10.8 Å². The van der Waals surface area contributed by atoms with Crippen LogP contribution in [0.2, 0.25) is 0 Å². The van der Waals surface area contributed by atoms with Crippen LogP contribution < -0.4 is 4.90 Å². The van der Waals surface area contributed by atoms with Gasteiger partial charge in [-0.3, -0.25) is 0 Å². The van der Waals surface area contributed by atoms with E-state index in [9.17, 15) is 0 Å². The lowest BCUT2D eigenvalue weighted by molar-refractivity contribution is 0.353. The Labute approximate surface area is 366 Å². The summed E-state index contributed by atoms with van der Waals surface area (Å²) in [6.07, 6.45) is 6.29. The lowest BCUT2D eigenvalue weighted by atomic mass is 9.68. The Bertz CT molecular complexity index is 3180. The Morgan fingerprint density at radius 1 is 0.339 bits per heavy atom. The number of anilines is 3. The molecule has 12 rings (SSSR count). The third-order valence-electron chi connectivity index (χ3n) is 14.7. The Morgan fingerprint density at radius 3 is 1.58 bits per heavy atom. The lowest BCUT2D eigenvalue weighted by Crippen LogP contribution is -2.28. The molecule has 62 heavy (non-hydrogen) atoms. The molecule has 1 heteroatoms. The van der Waals surface area contributed by atoms with E-state index in [0.717, 1.165) is 11.4 Å². The molecule has 9 aromatic carbocycles. The summed E-state index contributed by atoms with van der Waals surface area (Å²) in [5, 5.41) is 2.53. The van der Waals surface area contributed by atoms with Crippen molar-refractivity contribution in [2.75, 3.05) is 4.90 Å². The van der Waals surface area contributed by atoms with Crippen molar-refractivity contribution in [1.29, 1.82) is 0 Å². The average molecular weight is 796 g/mol. The molecule has 0 aromatic heterocycles. The summed E-state index contributed by atoms with van der Waals surface area (Å²) in [5.41, 5.74) is 22.3. The van der Waals surface area contributed by atoms with Crippen LogP contribution in [0.15, 0.2) is 200 Å². The molecule has 0 bridgehead atoms. The molecule has 3 aliphatic rings. The molecular formula is C61H49N. The summed E-state index contributed by atoms with van der Waals surface area (Å²) in [5.74, 6) is 0. The minimum absolute atomic E-state index is 0.0763. The largest absolute Gasteiger partial charge is 0.310 e. The van der Waals surface area contributed by atoms with Crippen LogP contribution in [0.4, 0.5) is 17.1 Å². The lowest BCUT2D eigenvalue weighted by Gasteiger charge is -2.36. The van der Waals surface area contributed by atoms with Gasteiger partial charge in [-0.05, 0) is 144 Å². The summed E-state index contributed by atoms with van der Waals surface area (Å²) in [7, 11) is 0. The van der Waals surface area contributed by atoms with Crippen LogP contribution in [0.3, 0.4) is 0 Å². The Kier molecular flexibility index (Phi) is 8.51. The van der Waals surface area contributed by atoms with E-state index in [1.165, 1.54) is 126 Å². The Balaban J connectivity index is 0.969. The van der Waals surface area contributed by atoms with E-state index in [2.05, 4.69) is 219 Å². The number of fused-ring (bicyclic) bond motifs is 9. The van der Waals surface area contributed by atoms with E-state index < -0.39 is 0 Å². The SMILES string of the molecule is CC1(C)c2ccccc2-c2cccc(-c3ccccc3-c3ccc(N(c4ccc(-c5ccc6ccccc6c5)cc4)c4ccc5c(c4)C4(CCCCC4)c4ccccc4-5)cc3)c21. The van der Waals surface area contributed by atoms with Gasteiger partial charge in [-0.15, -0.1) is 0 Å². The van der Waals surface area contributed by atoms with Crippen molar-refractivity contribution in [1.82, 2.24) is 0 Å². The predicted octanol–water partition coefficient (Wildman–Crippen LogP) is 16.8. The maximum atomic E-state index is 2.54. The highest BCUT2D eigenvalue weighted by molar-refractivity contribution is 5.94. The topological polar surface area (TPSA) is 3.24 Å². The predicted molar refractivity (Wildman–Crippen MR) is 262 cm³/mol. The molecule has 1 nitrogen and oxygen atoms in total. The summed E-state index contributed by atoms with van der Waals surface area (Å²) in [6, 6.07) is 75.3. The van der Waals surface area contributed by atoms with Gasteiger partial charge >= 0.3 is 0 Å². The van der Waals surface area contributed by atoms with Crippen molar-refractivity contribution >= 4 is 27.8 Å². The number of nitrogens with zero attached hydrogens (tertiary/aromatic N) is 1. The second-order valence-corrected chi connectivity index (χ2v) is 18.4. The average Bonchev–Trinajstić information content (AvgIpc) is 3.73. The molecule has 0 heterocycles. The number of benzene rings is 9. The standard InChI is InChI=1S/C61H49N/c1-60(2)56-23-10-8-20-52(56)55-22-14-21-54(59(55)60)50-18-7-6-17-49(50)43-29-33-47(34-30-43)62(46-31-27-42(28-32-46)45-26-25-41-15-4-5-16-44(41)39-45)48-35-36-53-51-19-9-11-24-57(51)61(58(53)40-48)37-12-3-13-38-61/h4-11,14-36,39-40H,3,12-13,37-38H2,1-2H3. The molecule has 0 radical (unpaired) electrons. The van der Waals surface area contributed by atoms with E-state index >= 15 is 0 Å². The minimum Gasteiger partial charge on any atom is -0.310 e. The highest BCUT2D eigenvalue weighted by atomic mass is 15.1. The molecule has 0 N–H and O–H groups in total. The van der Waals surface area contributed by atoms with Crippen LogP contribution in [0.5, 0.6) is 0 Å². The van der Waals surface area contributed by atoms with Crippen molar-refractivity contribution < 1.29 is 0 Å². The molecule has 0 unspecified atom stereocenters.